The predicted octanol–water partition coefficient (Wildman–Crippen LogP) is 3.40. The van der Waals surface area contributed by atoms with Crippen LogP contribution in [0.15, 0.2) is 18.2 Å². The van der Waals surface area contributed by atoms with Gasteiger partial charge in [0.05, 0.1) is 19.6 Å². The Hall–Kier alpha value is -1.55. The number of methoxy groups -OCH3 is 1. The summed E-state index contributed by atoms with van der Waals surface area (Å²) in [4.78, 5) is 11.7. The van der Waals surface area contributed by atoms with Crippen LogP contribution in [-0.2, 0) is 16.0 Å². The van der Waals surface area contributed by atoms with Crippen molar-refractivity contribution in [3.63, 3.8) is 0 Å². The molecular weight excluding hydrogens is 316 g/mol. The maximum absolute atomic E-state index is 11.7. The van der Waals surface area contributed by atoms with Gasteiger partial charge in [0.2, 0.25) is 0 Å². The lowest BCUT2D eigenvalue weighted by molar-refractivity contribution is -0.143. The van der Waals surface area contributed by atoms with E-state index in [2.05, 4.69) is 13.0 Å². The number of carbonyl (C=O) groups is 1. The molecule has 4 nitrogen and oxygen atoms in total. The van der Waals surface area contributed by atoms with Crippen LogP contribution in [0.4, 0.5) is 0 Å². The maximum atomic E-state index is 11.7. The van der Waals surface area contributed by atoms with Crippen molar-refractivity contribution >= 4 is 5.97 Å². The van der Waals surface area contributed by atoms with Crippen molar-refractivity contribution in [3.05, 3.63) is 29.3 Å². The Morgan fingerprint density at radius 1 is 1.36 bits per heavy atom. The van der Waals surface area contributed by atoms with Crippen molar-refractivity contribution in [2.45, 2.75) is 57.5 Å². The Balaban J connectivity index is 1.62. The molecular formula is C21H28O4. The van der Waals surface area contributed by atoms with E-state index in [0.29, 0.717) is 29.9 Å². The zero-order valence-electron chi connectivity index (χ0n) is 15.1. The van der Waals surface area contributed by atoms with Crippen molar-refractivity contribution in [1.82, 2.24) is 0 Å². The Morgan fingerprint density at radius 3 is 2.92 bits per heavy atom. The van der Waals surface area contributed by atoms with E-state index in [-0.39, 0.29) is 17.3 Å². The van der Waals surface area contributed by atoms with Crippen LogP contribution in [0.1, 0.15) is 56.1 Å². The molecule has 0 spiro atoms. The van der Waals surface area contributed by atoms with E-state index in [1.54, 1.807) is 6.07 Å². The van der Waals surface area contributed by atoms with Gasteiger partial charge in [0.1, 0.15) is 5.75 Å². The molecule has 0 unspecified atom stereocenters. The molecule has 6 atom stereocenters. The number of aryl methyl sites for hydroxylation is 1. The second kappa shape index (κ2) is 6.01. The fourth-order valence-corrected chi connectivity index (χ4v) is 6.21. The van der Waals surface area contributed by atoms with Gasteiger partial charge in [0, 0.05) is 0 Å². The van der Waals surface area contributed by atoms with Gasteiger partial charge in [-0.15, -0.1) is 0 Å². The molecule has 4 rings (SSSR count). The number of hydrogen-bond donors (Lipinski definition) is 2. The third-order valence-corrected chi connectivity index (χ3v) is 7.48. The second-order valence-electron chi connectivity index (χ2n) is 8.56. The maximum Gasteiger partial charge on any atom is 0.305 e. The summed E-state index contributed by atoms with van der Waals surface area (Å²) in [6, 6.07) is 5.82. The standard InChI is InChI=1S/C21H28O4/c1-21-8-7-16-15-6-4-14(22)9-12(15)3-5-17(16)18(21)10-13(20(21)24)11-19(23)25-2/h4,6,9,13,16-18,20,22,24H,3,5,7-8,10-11H2,1-2H3/t13-,16+,17+,18-,20-,21-/m0/s1. The van der Waals surface area contributed by atoms with Crippen LogP contribution in [0.3, 0.4) is 0 Å². The number of aliphatic hydroxyl groups is 1. The predicted molar refractivity (Wildman–Crippen MR) is 94.2 cm³/mol. The summed E-state index contributed by atoms with van der Waals surface area (Å²) >= 11 is 0. The first-order chi connectivity index (χ1) is 11.9. The van der Waals surface area contributed by atoms with Crippen LogP contribution < -0.4 is 0 Å². The molecule has 3 aliphatic rings. The van der Waals surface area contributed by atoms with E-state index in [0.717, 1.165) is 32.1 Å². The number of hydrogen-bond acceptors (Lipinski definition) is 4. The van der Waals surface area contributed by atoms with Gasteiger partial charge in [-0.25, -0.2) is 0 Å². The van der Waals surface area contributed by atoms with E-state index in [4.69, 9.17) is 4.74 Å². The molecule has 1 aromatic carbocycles. The number of phenolic OH excluding ortho intramolecular Hbond substituents is 1. The van der Waals surface area contributed by atoms with Gasteiger partial charge in [-0.05, 0) is 84.5 Å². The lowest BCUT2D eigenvalue weighted by Gasteiger charge is -2.50. The Morgan fingerprint density at radius 2 is 2.16 bits per heavy atom. The Labute approximate surface area is 149 Å². The van der Waals surface area contributed by atoms with Gasteiger partial charge < -0.3 is 14.9 Å². The minimum Gasteiger partial charge on any atom is -0.508 e. The lowest BCUT2D eigenvalue weighted by Crippen LogP contribution is -2.44. The number of carbonyl (C=O) groups excluding carboxylic acids is 1. The first kappa shape index (κ1) is 16.9. The summed E-state index contributed by atoms with van der Waals surface area (Å²) in [7, 11) is 1.42. The summed E-state index contributed by atoms with van der Waals surface area (Å²) in [5, 5.41) is 20.7. The summed E-state index contributed by atoms with van der Waals surface area (Å²) < 4.78 is 4.84. The SMILES string of the molecule is COC(=O)C[C@@H]1C[C@H]2[C@@H]3CCc4cc(O)ccc4[C@H]3CC[C@]2(C)[C@H]1O. The van der Waals surface area contributed by atoms with E-state index < -0.39 is 6.10 Å². The molecule has 4 heteroatoms. The van der Waals surface area contributed by atoms with E-state index in [9.17, 15) is 15.0 Å². The summed E-state index contributed by atoms with van der Waals surface area (Å²) in [6.07, 6.45) is 5.01. The van der Waals surface area contributed by atoms with Crippen LogP contribution in [0.2, 0.25) is 0 Å². The molecule has 0 radical (unpaired) electrons. The third-order valence-electron chi connectivity index (χ3n) is 7.48. The lowest BCUT2D eigenvalue weighted by atomic mass is 9.55. The molecule has 3 aliphatic carbocycles. The average molecular weight is 344 g/mol. The van der Waals surface area contributed by atoms with Gasteiger partial charge in [0.25, 0.3) is 0 Å². The fourth-order valence-electron chi connectivity index (χ4n) is 6.21. The van der Waals surface area contributed by atoms with E-state index in [1.807, 2.05) is 6.07 Å². The molecule has 0 saturated heterocycles. The summed E-state index contributed by atoms with van der Waals surface area (Å²) in [5.74, 6) is 1.69. The molecule has 1 aromatic rings. The fraction of sp³-hybridized carbons (Fsp3) is 0.667. The van der Waals surface area contributed by atoms with E-state index >= 15 is 0 Å². The molecule has 136 valence electrons. The summed E-state index contributed by atoms with van der Waals surface area (Å²) in [6.45, 7) is 2.22. The number of rotatable bonds is 2. The monoisotopic (exact) mass is 344 g/mol. The molecule has 25 heavy (non-hydrogen) atoms. The zero-order chi connectivity index (χ0) is 17.8. The van der Waals surface area contributed by atoms with Crippen molar-refractivity contribution in [3.8, 4) is 5.75 Å². The second-order valence-corrected chi connectivity index (χ2v) is 8.56. The highest BCUT2D eigenvalue weighted by Gasteiger charge is 2.58. The third kappa shape index (κ3) is 2.57. The first-order valence-electron chi connectivity index (χ1n) is 9.50. The number of esters is 1. The van der Waals surface area contributed by atoms with Gasteiger partial charge in [0.15, 0.2) is 0 Å². The molecule has 0 amide bonds. The molecule has 2 saturated carbocycles. The highest BCUT2D eigenvalue weighted by atomic mass is 16.5. The van der Waals surface area contributed by atoms with Crippen LogP contribution >= 0.6 is 0 Å². The first-order valence-corrected chi connectivity index (χ1v) is 9.50. The highest BCUT2D eigenvalue weighted by molar-refractivity contribution is 5.69. The molecule has 0 aromatic heterocycles. The van der Waals surface area contributed by atoms with Crippen LogP contribution in [0, 0.1) is 23.2 Å². The van der Waals surface area contributed by atoms with Gasteiger partial charge in [-0.3, -0.25) is 4.79 Å². The summed E-state index contributed by atoms with van der Waals surface area (Å²) in [5.41, 5.74) is 2.59. The number of phenols is 1. The number of ether oxygens (including phenoxy) is 1. The zero-order valence-corrected chi connectivity index (χ0v) is 15.1. The highest BCUT2D eigenvalue weighted by Crippen LogP contribution is 2.62. The quantitative estimate of drug-likeness (QED) is 0.807. The average Bonchev–Trinajstić information content (AvgIpc) is 2.85. The molecule has 2 N–H and O–H groups in total. The minimum absolute atomic E-state index is 0.0161. The van der Waals surface area contributed by atoms with Crippen molar-refractivity contribution < 1.29 is 19.7 Å². The van der Waals surface area contributed by atoms with Gasteiger partial charge in [-0.1, -0.05) is 13.0 Å². The molecule has 0 aliphatic heterocycles. The molecule has 2 fully saturated rings. The molecule has 0 bridgehead atoms. The van der Waals surface area contributed by atoms with Crippen LogP contribution in [0.5, 0.6) is 5.75 Å². The Kier molecular flexibility index (Phi) is 4.06. The molecule has 0 heterocycles. The van der Waals surface area contributed by atoms with Crippen LogP contribution in [0.25, 0.3) is 0 Å². The normalized spacial score (nSPS) is 39.2. The van der Waals surface area contributed by atoms with Crippen molar-refractivity contribution in [2.75, 3.05) is 7.11 Å². The van der Waals surface area contributed by atoms with Crippen LogP contribution in [-0.4, -0.2) is 29.4 Å². The van der Waals surface area contributed by atoms with Crippen molar-refractivity contribution in [2.24, 2.45) is 23.2 Å². The minimum atomic E-state index is -0.418. The smallest absolute Gasteiger partial charge is 0.305 e. The Bertz CT molecular complexity index is 684. The van der Waals surface area contributed by atoms with E-state index in [1.165, 1.54) is 18.2 Å². The number of aromatic hydroxyl groups is 1. The number of fused-ring (bicyclic) bond motifs is 5. The van der Waals surface area contributed by atoms with Gasteiger partial charge >= 0.3 is 5.97 Å². The number of aliphatic hydroxyl groups excluding tert-OH is 1. The van der Waals surface area contributed by atoms with Crippen molar-refractivity contribution in [1.29, 1.82) is 0 Å². The number of benzene rings is 1. The van der Waals surface area contributed by atoms with Gasteiger partial charge in [-0.2, -0.15) is 0 Å². The largest absolute Gasteiger partial charge is 0.508 e. The topological polar surface area (TPSA) is 66.8 Å².